The molecule has 3 aromatic rings. The lowest BCUT2D eigenvalue weighted by molar-refractivity contribution is -0.207. The summed E-state index contributed by atoms with van der Waals surface area (Å²) in [5, 5.41) is 32.5. The Morgan fingerprint density at radius 2 is 1.62 bits per heavy atom. The van der Waals surface area contributed by atoms with Crippen molar-refractivity contribution in [1.29, 1.82) is 0 Å². The van der Waals surface area contributed by atoms with Crippen LogP contribution in [-0.2, 0) is 11.3 Å². The molecule has 1 fully saturated rings. The van der Waals surface area contributed by atoms with E-state index in [1.54, 1.807) is 6.92 Å². The third kappa shape index (κ3) is 4.14. The van der Waals surface area contributed by atoms with Crippen LogP contribution in [0, 0.1) is 5.92 Å². The van der Waals surface area contributed by atoms with E-state index >= 15 is 0 Å². The van der Waals surface area contributed by atoms with Crippen LogP contribution in [0.2, 0.25) is 0 Å². The van der Waals surface area contributed by atoms with Crippen LogP contribution < -0.4 is 4.74 Å². The number of fused-ring (bicyclic) bond motifs is 1. The Balaban J connectivity index is 1.43. The Hall–Kier alpha value is -2.44. The first-order valence-corrected chi connectivity index (χ1v) is 9.89. The monoisotopic (exact) mass is 394 g/mol. The largest absolute Gasteiger partial charge is 0.489 e. The molecule has 0 spiro atoms. The summed E-state index contributed by atoms with van der Waals surface area (Å²) in [5.41, 5.74) is 1.82. The van der Waals surface area contributed by atoms with Crippen molar-refractivity contribution in [3.05, 3.63) is 77.9 Å². The van der Waals surface area contributed by atoms with E-state index in [0.29, 0.717) is 12.4 Å². The maximum atomic E-state index is 10.4. The van der Waals surface area contributed by atoms with Gasteiger partial charge in [0.15, 0.2) is 0 Å². The molecule has 0 amide bonds. The van der Waals surface area contributed by atoms with Crippen molar-refractivity contribution in [3.8, 4) is 5.75 Å². The van der Waals surface area contributed by atoms with Gasteiger partial charge in [-0.1, -0.05) is 55.5 Å². The smallest absolute Gasteiger partial charge is 0.119 e. The van der Waals surface area contributed by atoms with Crippen LogP contribution >= 0.6 is 0 Å². The number of hydrogen-bond donors (Lipinski definition) is 3. The molecule has 0 radical (unpaired) electrons. The lowest BCUT2D eigenvalue weighted by atomic mass is 9.86. The van der Waals surface area contributed by atoms with Crippen molar-refractivity contribution in [2.24, 2.45) is 5.92 Å². The quantitative estimate of drug-likeness (QED) is 0.619. The molecule has 152 valence electrons. The minimum Gasteiger partial charge on any atom is -0.489 e. The summed E-state index contributed by atoms with van der Waals surface area (Å²) in [5.74, 6) is 0.371. The number of aliphatic hydroxyl groups is 3. The Kier molecular flexibility index (Phi) is 5.83. The van der Waals surface area contributed by atoms with Crippen LogP contribution in [0.5, 0.6) is 5.75 Å². The van der Waals surface area contributed by atoms with E-state index in [1.807, 2.05) is 36.4 Å². The third-order valence-corrected chi connectivity index (χ3v) is 5.71. The van der Waals surface area contributed by atoms with Gasteiger partial charge in [-0.3, -0.25) is 0 Å². The molecule has 5 atom stereocenters. The first kappa shape index (κ1) is 19.9. The lowest BCUT2D eigenvalue weighted by Gasteiger charge is -2.41. The molecule has 1 aliphatic heterocycles. The van der Waals surface area contributed by atoms with Crippen molar-refractivity contribution in [2.75, 3.05) is 6.61 Å². The van der Waals surface area contributed by atoms with E-state index in [1.165, 1.54) is 10.8 Å². The zero-order chi connectivity index (χ0) is 20.4. The zero-order valence-electron chi connectivity index (χ0n) is 16.3. The number of rotatable bonds is 5. The fraction of sp³-hybridized carbons (Fsp3) is 0.333. The van der Waals surface area contributed by atoms with Gasteiger partial charge in [-0.15, -0.1) is 0 Å². The Morgan fingerprint density at radius 1 is 0.897 bits per heavy atom. The van der Waals surface area contributed by atoms with E-state index in [-0.39, 0.29) is 12.5 Å². The van der Waals surface area contributed by atoms with Crippen molar-refractivity contribution in [1.82, 2.24) is 0 Å². The fourth-order valence-electron chi connectivity index (χ4n) is 3.84. The van der Waals surface area contributed by atoms with E-state index in [4.69, 9.17) is 9.47 Å². The van der Waals surface area contributed by atoms with E-state index < -0.39 is 24.4 Å². The Morgan fingerprint density at radius 3 is 2.34 bits per heavy atom. The summed E-state index contributed by atoms with van der Waals surface area (Å²) in [4.78, 5) is 0. The zero-order valence-corrected chi connectivity index (χ0v) is 16.3. The first-order valence-electron chi connectivity index (χ1n) is 9.89. The summed E-state index contributed by atoms with van der Waals surface area (Å²) in [6.45, 7) is 2.01. The molecule has 1 saturated heterocycles. The summed E-state index contributed by atoms with van der Waals surface area (Å²) in [6.07, 6.45) is -3.19. The first-order chi connectivity index (χ1) is 14.1. The average molecular weight is 394 g/mol. The second kappa shape index (κ2) is 8.51. The molecule has 5 nitrogen and oxygen atoms in total. The molecule has 5 heteroatoms. The van der Waals surface area contributed by atoms with Gasteiger partial charge < -0.3 is 24.8 Å². The molecule has 0 bridgehead atoms. The molecule has 5 unspecified atom stereocenters. The van der Waals surface area contributed by atoms with Crippen LogP contribution in [0.25, 0.3) is 10.8 Å². The molecule has 3 N–H and O–H groups in total. The SMILES string of the molecule is CC1C(CO)OC(c2ccc(OCc3ccc4ccccc4c3)cc2)C(O)C1O. The highest BCUT2D eigenvalue weighted by atomic mass is 16.5. The molecule has 3 aromatic carbocycles. The normalized spacial score (nSPS) is 27.1. The van der Waals surface area contributed by atoms with Gasteiger partial charge in [-0.25, -0.2) is 0 Å². The number of benzene rings is 3. The highest BCUT2D eigenvalue weighted by Crippen LogP contribution is 2.35. The van der Waals surface area contributed by atoms with Crippen molar-refractivity contribution >= 4 is 10.8 Å². The highest BCUT2D eigenvalue weighted by Gasteiger charge is 2.42. The number of hydrogen-bond acceptors (Lipinski definition) is 5. The molecule has 0 saturated carbocycles. The van der Waals surface area contributed by atoms with Crippen LogP contribution in [-0.4, -0.2) is 40.2 Å². The molecular weight excluding hydrogens is 368 g/mol. The topological polar surface area (TPSA) is 79.2 Å². The number of ether oxygens (including phenoxy) is 2. The van der Waals surface area contributed by atoms with Gasteiger partial charge in [0.05, 0.1) is 18.8 Å². The molecule has 1 heterocycles. The highest BCUT2D eigenvalue weighted by molar-refractivity contribution is 5.82. The van der Waals surface area contributed by atoms with E-state index in [2.05, 4.69) is 30.3 Å². The number of aliphatic hydroxyl groups excluding tert-OH is 3. The summed E-state index contributed by atoms with van der Waals surface area (Å²) < 4.78 is 11.7. The summed E-state index contributed by atoms with van der Waals surface area (Å²) >= 11 is 0. The molecule has 1 aliphatic rings. The van der Waals surface area contributed by atoms with E-state index in [9.17, 15) is 15.3 Å². The van der Waals surface area contributed by atoms with Gasteiger partial charge in [-0.05, 0) is 40.1 Å². The average Bonchev–Trinajstić information content (AvgIpc) is 2.77. The minimum absolute atomic E-state index is 0.200. The predicted molar refractivity (Wildman–Crippen MR) is 111 cm³/mol. The van der Waals surface area contributed by atoms with Crippen LogP contribution in [0.1, 0.15) is 24.2 Å². The predicted octanol–water partition coefficient (Wildman–Crippen LogP) is 3.21. The molecular formula is C24H26O5. The molecule has 0 aliphatic carbocycles. The minimum atomic E-state index is -1.04. The molecule has 29 heavy (non-hydrogen) atoms. The van der Waals surface area contributed by atoms with Gasteiger partial charge in [-0.2, -0.15) is 0 Å². The van der Waals surface area contributed by atoms with E-state index in [0.717, 1.165) is 11.1 Å². The Bertz CT molecular complexity index is 953. The summed E-state index contributed by atoms with van der Waals surface area (Å²) in [6, 6.07) is 21.8. The molecule has 4 rings (SSSR count). The third-order valence-electron chi connectivity index (χ3n) is 5.71. The van der Waals surface area contributed by atoms with Gasteiger partial charge in [0.2, 0.25) is 0 Å². The fourth-order valence-corrected chi connectivity index (χ4v) is 3.84. The lowest BCUT2D eigenvalue weighted by Crippen LogP contribution is -2.50. The van der Waals surface area contributed by atoms with Crippen molar-refractivity contribution in [2.45, 2.75) is 37.9 Å². The molecule has 0 aromatic heterocycles. The maximum absolute atomic E-state index is 10.4. The van der Waals surface area contributed by atoms with Gasteiger partial charge in [0, 0.05) is 5.92 Å². The van der Waals surface area contributed by atoms with Crippen LogP contribution in [0.3, 0.4) is 0 Å². The Labute approximate surface area is 170 Å². The van der Waals surface area contributed by atoms with Crippen molar-refractivity contribution in [3.63, 3.8) is 0 Å². The second-order valence-corrected chi connectivity index (χ2v) is 7.66. The van der Waals surface area contributed by atoms with Gasteiger partial charge in [0.25, 0.3) is 0 Å². The van der Waals surface area contributed by atoms with Crippen molar-refractivity contribution < 1.29 is 24.8 Å². The van der Waals surface area contributed by atoms with Gasteiger partial charge in [0.1, 0.15) is 24.6 Å². The van der Waals surface area contributed by atoms with Crippen LogP contribution in [0.4, 0.5) is 0 Å². The standard InChI is InChI=1S/C24H26O5/c1-15-21(13-25)29-24(23(27)22(15)26)18-8-10-20(11-9-18)28-14-16-6-7-17-4-2-3-5-19(17)12-16/h2-12,15,21-27H,13-14H2,1H3. The maximum Gasteiger partial charge on any atom is 0.119 e. The second-order valence-electron chi connectivity index (χ2n) is 7.66. The van der Waals surface area contributed by atoms with Gasteiger partial charge >= 0.3 is 0 Å². The summed E-state index contributed by atoms with van der Waals surface area (Å²) in [7, 11) is 0. The van der Waals surface area contributed by atoms with Crippen LogP contribution in [0.15, 0.2) is 66.7 Å².